The van der Waals surface area contributed by atoms with Crippen LogP contribution in [0.5, 0.6) is 0 Å². The van der Waals surface area contributed by atoms with E-state index < -0.39 is 0 Å². The van der Waals surface area contributed by atoms with E-state index in [9.17, 15) is 0 Å². The van der Waals surface area contributed by atoms with E-state index in [1.165, 1.54) is 25.7 Å². The molecule has 0 aliphatic heterocycles. The van der Waals surface area contributed by atoms with Gasteiger partial charge in [-0.3, -0.25) is 5.41 Å². The first-order valence-electron chi connectivity index (χ1n) is 6.55. The summed E-state index contributed by atoms with van der Waals surface area (Å²) in [5.74, 6) is 0.940. The maximum atomic E-state index is 7.72. The van der Waals surface area contributed by atoms with Crippen LogP contribution in [-0.2, 0) is 0 Å². The van der Waals surface area contributed by atoms with E-state index in [1.807, 2.05) is 18.2 Å². The Morgan fingerprint density at radius 2 is 2.06 bits per heavy atom. The smallest absolute Gasteiger partial charge is 0.124 e. The largest absolute Gasteiger partial charge is 0.384 e. The molecule has 0 bridgehead atoms. The molecule has 18 heavy (non-hydrogen) atoms. The van der Waals surface area contributed by atoms with Crippen LogP contribution in [0.4, 0.5) is 5.69 Å². The van der Waals surface area contributed by atoms with Crippen LogP contribution in [0, 0.1) is 11.3 Å². The van der Waals surface area contributed by atoms with Gasteiger partial charge in [-0.15, -0.1) is 0 Å². The topological polar surface area (TPSA) is 53.1 Å². The molecule has 1 aromatic rings. The molecule has 3 rings (SSSR count). The van der Waals surface area contributed by atoms with Crippen molar-refractivity contribution < 1.29 is 0 Å². The fourth-order valence-corrected chi connectivity index (χ4v) is 2.56. The molecule has 3 N–H and O–H groups in total. The Balaban J connectivity index is 1.93. The molecule has 4 heteroatoms. The number of nitrogens with two attached hydrogens (primary N) is 1. The standard InChI is InChI=1S/C14H18ClN3/c15-10-3-6-13(12(7-10)14(16)17)18(11-4-5-11)8-9-1-2-9/h3,6-7,9,11H,1-2,4-5,8H2,(H3,16,17). The molecule has 2 aliphatic carbocycles. The summed E-state index contributed by atoms with van der Waals surface area (Å²) in [5.41, 5.74) is 7.54. The normalized spacial score (nSPS) is 18.7. The average Bonchev–Trinajstić information content (AvgIpc) is 3.19. The quantitative estimate of drug-likeness (QED) is 0.634. The number of benzene rings is 1. The van der Waals surface area contributed by atoms with Crippen LogP contribution in [0.25, 0.3) is 0 Å². The first-order chi connectivity index (χ1) is 8.65. The van der Waals surface area contributed by atoms with Crippen LogP contribution in [0.15, 0.2) is 18.2 Å². The highest BCUT2D eigenvalue weighted by atomic mass is 35.5. The van der Waals surface area contributed by atoms with Crippen molar-refractivity contribution in [2.24, 2.45) is 11.7 Å². The van der Waals surface area contributed by atoms with Crippen LogP contribution < -0.4 is 10.6 Å². The van der Waals surface area contributed by atoms with E-state index in [4.69, 9.17) is 22.7 Å². The third-order valence-corrected chi connectivity index (χ3v) is 3.93. The van der Waals surface area contributed by atoms with Gasteiger partial charge in [0.2, 0.25) is 0 Å². The Morgan fingerprint density at radius 3 is 2.61 bits per heavy atom. The van der Waals surface area contributed by atoms with Gasteiger partial charge in [-0.25, -0.2) is 0 Å². The van der Waals surface area contributed by atoms with Crippen molar-refractivity contribution in [3.8, 4) is 0 Å². The Morgan fingerprint density at radius 1 is 1.33 bits per heavy atom. The molecular formula is C14H18ClN3. The molecule has 2 saturated carbocycles. The van der Waals surface area contributed by atoms with E-state index >= 15 is 0 Å². The first kappa shape index (κ1) is 11.8. The van der Waals surface area contributed by atoms with E-state index in [0.29, 0.717) is 11.1 Å². The van der Waals surface area contributed by atoms with E-state index in [1.54, 1.807) is 0 Å². The molecule has 0 radical (unpaired) electrons. The third-order valence-electron chi connectivity index (χ3n) is 3.70. The summed E-state index contributed by atoms with van der Waals surface area (Å²) in [4.78, 5) is 2.44. The van der Waals surface area contributed by atoms with Gasteiger partial charge in [-0.2, -0.15) is 0 Å². The monoisotopic (exact) mass is 263 g/mol. The van der Waals surface area contributed by atoms with E-state index in [-0.39, 0.29) is 5.84 Å². The number of anilines is 1. The molecule has 2 fully saturated rings. The van der Waals surface area contributed by atoms with E-state index in [0.717, 1.165) is 23.7 Å². The lowest BCUT2D eigenvalue weighted by Crippen LogP contribution is -2.30. The molecular weight excluding hydrogens is 246 g/mol. The maximum absolute atomic E-state index is 7.72. The van der Waals surface area contributed by atoms with Gasteiger partial charge in [0.1, 0.15) is 5.84 Å². The summed E-state index contributed by atoms with van der Waals surface area (Å²) >= 11 is 6.01. The van der Waals surface area contributed by atoms with Crippen molar-refractivity contribution in [2.75, 3.05) is 11.4 Å². The molecule has 0 unspecified atom stereocenters. The average molecular weight is 264 g/mol. The Kier molecular flexibility index (Phi) is 2.94. The van der Waals surface area contributed by atoms with Crippen molar-refractivity contribution in [3.05, 3.63) is 28.8 Å². The summed E-state index contributed by atoms with van der Waals surface area (Å²) in [5, 5.41) is 8.36. The molecule has 3 nitrogen and oxygen atoms in total. The number of hydrogen-bond donors (Lipinski definition) is 2. The number of amidine groups is 1. The van der Waals surface area contributed by atoms with Gasteiger partial charge in [0.05, 0.1) is 0 Å². The molecule has 0 atom stereocenters. The second kappa shape index (κ2) is 4.47. The minimum atomic E-state index is 0.106. The van der Waals surface area contributed by atoms with Crippen LogP contribution in [-0.4, -0.2) is 18.4 Å². The van der Waals surface area contributed by atoms with Gasteiger partial charge >= 0.3 is 0 Å². The van der Waals surface area contributed by atoms with Crippen LogP contribution in [0.3, 0.4) is 0 Å². The summed E-state index contributed by atoms with van der Waals surface area (Å²) < 4.78 is 0. The van der Waals surface area contributed by atoms with Crippen molar-refractivity contribution in [3.63, 3.8) is 0 Å². The zero-order valence-electron chi connectivity index (χ0n) is 10.3. The highest BCUT2D eigenvalue weighted by Crippen LogP contribution is 2.39. The molecule has 0 aromatic heterocycles. The molecule has 0 amide bonds. The van der Waals surface area contributed by atoms with Crippen LogP contribution >= 0.6 is 11.6 Å². The first-order valence-corrected chi connectivity index (χ1v) is 6.93. The van der Waals surface area contributed by atoms with Crippen LogP contribution in [0.2, 0.25) is 5.02 Å². The number of nitrogen functional groups attached to an aromatic ring is 1. The van der Waals surface area contributed by atoms with Gasteiger partial charge in [0, 0.05) is 28.9 Å². The molecule has 0 saturated heterocycles. The summed E-state index contributed by atoms with van der Waals surface area (Å²) in [7, 11) is 0. The second-order valence-corrected chi connectivity index (χ2v) is 5.84. The van der Waals surface area contributed by atoms with Gasteiger partial charge < -0.3 is 10.6 Å². The highest BCUT2D eigenvalue weighted by Gasteiger charge is 2.34. The highest BCUT2D eigenvalue weighted by molar-refractivity contribution is 6.31. The zero-order valence-corrected chi connectivity index (χ0v) is 11.1. The van der Waals surface area contributed by atoms with Gasteiger partial charge in [0.15, 0.2) is 0 Å². The lowest BCUT2D eigenvalue weighted by molar-refractivity contribution is 0.718. The zero-order chi connectivity index (χ0) is 12.7. The molecule has 0 spiro atoms. The number of nitrogens with zero attached hydrogens (tertiary/aromatic N) is 1. The predicted octanol–water partition coefficient (Wildman–Crippen LogP) is 3.00. The summed E-state index contributed by atoms with van der Waals surface area (Å²) in [6.07, 6.45) is 5.19. The Labute approximate surface area is 112 Å². The minimum absolute atomic E-state index is 0.106. The lowest BCUT2D eigenvalue weighted by atomic mass is 10.1. The van der Waals surface area contributed by atoms with Gasteiger partial charge in [-0.05, 0) is 49.8 Å². The van der Waals surface area contributed by atoms with Crippen LogP contribution in [0.1, 0.15) is 31.2 Å². The second-order valence-electron chi connectivity index (χ2n) is 5.40. The van der Waals surface area contributed by atoms with Crippen molar-refractivity contribution in [1.82, 2.24) is 0 Å². The van der Waals surface area contributed by atoms with Crippen molar-refractivity contribution in [1.29, 1.82) is 5.41 Å². The van der Waals surface area contributed by atoms with Crippen molar-refractivity contribution in [2.45, 2.75) is 31.7 Å². The van der Waals surface area contributed by atoms with E-state index in [2.05, 4.69) is 4.90 Å². The van der Waals surface area contributed by atoms with Crippen molar-refractivity contribution >= 4 is 23.1 Å². The number of nitrogens with one attached hydrogen (secondary N) is 1. The Hall–Kier alpha value is -1.22. The fraction of sp³-hybridized carbons (Fsp3) is 0.500. The number of rotatable bonds is 5. The minimum Gasteiger partial charge on any atom is -0.384 e. The van der Waals surface area contributed by atoms with Gasteiger partial charge in [0.25, 0.3) is 0 Å². The molecule has 1 aromatic carbocycles. The molecule has 96 valence electrons. The predicted molar refractivity (Wildman–Crippen MR) is 75.6 cm³/mol. The third kappa shape index (κ3) is 2.46. The fourth-order valence-electron chi connectivity index (χ4n) is 2.38. The summed E-state index contributed by atoms with van der Waals surface area (Å²) in [6.45, 7) is 1.10. The number of hydrogen-bond acceptors (Lipinski definition) is 2. The SMILES string of the molecule is N=C(N)c1cc(Cl)ccc1N(CC1CC1)C1CC1. The summed E-state index contributed by atoms with van der Waals surface area (Å²) in [6, 6.07) is 6.36. The lowest BCUT2D eigenvalue weighted by Gasteiger charge is -2.27. The maximum Gasteiger partial charge on any atom is 0.124 e. The van der Waals surface area contributed by atoms with Gasteiger partial charge in [-0.1, -0.05) is 11.6 Å². The number of halogens is 1. The molecule has 2 aliphatic rings. The Bertz CT molecular complexity index is 478. The molecule has 0 heterocycles.